The summed E-state index contributed by atoms with van der Waals surface area (Å²) >= 11 is 0. The van der Waals surface area contributed by atoms with Gasteiger partial charge in [-0.2, -0.15) is 0 Å². The predicted molar refractivity (Wildman–Crippen MR) is 57.4 cm³/mol. The average Bonchev–Trinajstić information content (AvgIpc) is 2.25. The number of para-hydroxylation sites is 1. The molecule has 0 aliphatic rings. The Morgan fingerprint density at radius 3 is 2.53 bits per heavy atom. The third kappa shape index (κ3) is 4.79. The minimum Gasteiger partial charge on any atom is -0.491 e. The second-order valence-corrected chi connectivity index (χ2v) is 3.42. The number of halogens is 1. The lowest BCUT2D eigenvalue weighted by atomic mass is 10.2. The van der Waals surface area contributed by atoms with E-state index in [1.807, 2.05) is 0 Å². The van der Waals surface area contributed by atoms with Crippen LogP contribution in [0.5, 0.6) is 5.75 Å². The predicted octanol–water partition coefficient (Wildman–Crippen LogP) is 2.76. The van der Waals surface area contributed by atoms with E-state index < -0.39 is 0 Å². The van der Waals surface area contributed by atoms with E-state index >= 15 is 0 Å². The fraction of sp³-hybridized carbons (Fsp3) is 0.500. The van der Waals surface area contributed by atoms with E-state index in [1.165, 1.54) is 6.07 Å². The van der Waals surface area contributed by atoms with Crippen molar-refractivity contribution in [2.75, 3.05) is 13.2 Å². The van der Waals surface area contributed by atoms with Gasteiger partial charge in [-0.3, -0.25) is 0 Å². The standard InChI is InChI=1S/C12H17FO2/c13-11-7-3-4-8-12(11)15-10-6-2-1-5-9-14/h3-4,7-8,14H,1-2,5-6,9-10H2. The van der Waals surface area contributed by atoms with Crippen molar-refractivity contribution in [3.8, 4) is 5.75 Å². The highest BCUT2D eigenvalue weighted by atomic mass is 19.1. The molecule has 15 heavy (non-hydrogen) atoms. The number of aliphatic hydroxyl groups is 1. The van der Waals surface area contributed by atoms with Gasteiger partial charge in [-0.15, -0.1) is 0 Å². The molecule has 84 valence electrons. The zero-order valence-electron chi connectivity index (χ0n) is 8.79. The van der Waals surface area contributed by atoms with E-state index in [2.05, 4.69) is 0 Å². The summed E-state index contributed by atoms with van der Waals surface area (Å²) in [7, 11) is 0. The molecule has 0 unspecified atom stereocenters. The minimum absolute atomic E-state index is 0.244. The van der Waals surface area contributed by atoms with Crippen LogP contribution in [0.2, 0.25) is 0 Å². The van der Waals surface area contributed by atoms with Crippen molar-refractivity contribution in [3.05, 3.63) is 30.1 Å². The molecule has 0 aliphatic carbocycles. The smallest absolute Gasteiger partial charge is 0.165 e. The molecule has 0 saturated carbocycles. The summed E-state index contributed by atoms with van der Waals surface area (Å²) < 4.78 is 18.3. The topological polar surface area (TPSA) is 29.5 Å². The highest BCUT2D eigenvalue weighted by Gasteiger charge is 2.00. The highest BCUT2D eigenvalue weighted by molar-refractivity contribution is 5.23. The molecular formula is C12H17FO2. The van der Waals surface area contributed by atoms with Gasteiger partial charge in [-0.25, -0.2) is 4.39 Å². The number of hydrogen-bond acceptors (Lipinski definition) is 2. The van der Waals surface area contributed by atoms with Gasteiger partial charge in [-0.05, 0) is 31.4 Å². The average molecular weight is 212 g/mol. The van der Waals surface area contributed by atoms with Crippen molar-refractivity contribution in [1.82, 2.24) is 0 Å². The van der Waals surface area contributed by atoms with Gasteiger partial charge < -0.3 is 9.84 Å². The van der Waals surface area contributed by atoms with Crippen LogP contribution in [0.15, 0.2) is 24.3 Å². The molecule has 0 atom stereocenters. The molecule has 0 aromatic heterocycles. The maximum absolute atomic E-state index is 13.1. The first-order chi connectivity index (χ1) is 7.34. The van der Waals surface area contributed by atoms with Crippen molar-refractivity contribution >= 4 is 0 Å². The van der Waals surface area contributed by atoms with Gasteiger partial charge in [0.05, 0.1) is 6.61 Å². The Balaban J connectivity index is 2.12. The Kier molecular flexibility index (Phi) is 5.78. The van der Waals surface area contributed by atoms with E-state index in [-0.39, 0.29) is 12.4 Å². The molecule has 1 aromatic rings. The van der Waals surface area contributed by atoms with Crippen LogP contribution in [-0.2, 0) is 0 Å². The van der Waals surface area contributed by atoms with Gasteiger partial charge in [0.15, 0.2) is 11.6 Å². The van der Waals surface area contributed by atoms with Crippen LogP contribution in [0.3, 0.4) is 0 Å². The molecule has 0 aliphatic heterocycles. The zero-order chi connectivity index (χ0) is 10.9. The Morgan fingerprint density at radius 1 is 1.07 bits per heavy atom. The molecule has 0 spiro atoms. The quantitative estimate of drug-likeness (QED) is 0.704. The van der Waals surface area contributed by atoms with E-state index in [0.29, 0.717) is 12.4 Å². The maximum Gasteiger partial charge on any atom is 0.165 e. The first-order valence-electron chi connectivity index (χ1n) is 5.33. The summed E-state index contributed by atoms with van der Waals surface area (Å²) in [6.07, 6.45) is 3.74. The molecule has 1 N–H and O–H groups in total. The normalized spacial score (nSPS) is 10.3. The molecule has 3 heteroatoms. The molecule has 2 nitrogen and oxygen atoms in total. The lowest BCUT2D eigenvalue weighted by Crippen LogP contribution is -1.99. The fourth-order valence-corrected chi connectivity index (χ4v) is 1.31. The number of hydrogen-bond donors (Lipinski definition) is 1. The largest absolute Gasteiger partial charge is 0.491 e. The Bertz CT molecular complexity index is 276. The number of benzene rings is 1. The summed E-state index contributed by atoms with van der Waals surface area (Å²) in [5.41, 5.74) is 0. The van der Waals surface area contributed by atoms with Crippen molar-refractivity contribution in [2.24, 2.45) is 0 Å². The van der Waals surface area contributed by atoms with Gasteiger partial charge in [0.25, 0.3) is 0 Å². The molecule has 0 amide bonds. The first kappa shape index (κ1) is 12.0. The lowest BCUT2D eigenvalue weighted by Gasteiger charge is -2.06. The summed E-state index contributed by atoms with van der Waals surface area (Å²) in [5.74, 6) is 0.00696. The van der Waals surface area contributed by atoms with Gasteiger partial charge in [0, 0.05) is 6.61 Å². The Labute approximate surface area is 89.7 Å². The van der Waals surface area contributed by atoms with Crippen LogP contribution in [0.1, 0.15) is 25.7 Å². The van der Waals surface area contributed by atoms with Crippen molar-refractivity contribution < 1.29 is 14.2 Å². The zero-order valence-corrected chi connectivity index (χ0v) is 8.79. The van der Waals surface area contributed by atoms with Gasteiger partial charge in [0.2, 0.25) is 0 Å². The molecular weight excluding hydrogens is 195 g/mol. The monoisotopic (exact) mass is 212 g/mol. The lowest BCUT2D eigenvalue weighted by molar-refractivity contribution is 0.270. The van der Waals surface area contributed by atoms with Crippen LogP contribution < -0.4 is 4.74 Å². The SMILES string of the molecule is OCCCCCCOc1ccccc1F. The van der Waals surface area contributed by atoms with Gasteiger partial charge in [0.1, 0.15) is 0 Å². The van der Waals surface area contributed by atoms with Gasteiger partial charge in [-0.1, -0.05) is 18.6 Å². The molecule has 0 radical (unpaired) electrons. The third-order valence-corrected chi connectivity index (χ3v) is 2.15. The third-order valence-electron chi connectivity index (χ3n) is 2.15. The number of unbranched alkanes of at least 4 members (excludes halogenated alkanes) is 3. The fourth-order valence-electron chi connectivity index (χ4n) is 1.31. The van der Waals surface area contributed by atoms with E-state index in [0.717, 1.165) is 25.7 Å². The minimum atomic E-state index is -0.312. The van der Waals surface area contributed by atoms with Crippen LogP contribution in [0, 0.1) is 5.82 Å². The highest BCUT2D eigenvalue weighted by Crippen LogP contribution is 2.15. The van der Waals surface area contributed by atoms with Crippen LogP contribution in [0.4, 0.5) is 4.39 Å². The second kappa shape index (κ2) is 7.23. The number of aliphatic hydroxyl groups excluding tert-OH is 1. The van der Waals surface area contributed by atoms with Gasteiger partial charge >= 0.3 is 0 Å². The van der Waals surface area contributed by atoms with E-state index in [4.69, 9.17) is 9.84 Å². The van der Waals surface area contributed by atoms with E-state index in [9.17, 15) is 4.39 Å². The van der Waals surface area contributed by atoms with Crippen LogP contribution in [-0.4, -0.2) is 18.3 Å². The van der Waals surface area contributed by atoms with Crippen LogP contribution >= 0.6 is 0 Å². The molecule has 0 heterocycles. The van der Waals surface area contributed by atoms with Crippen molar-refractivity contribution in [3.63, 3.8) is 0 Å². The summed E-state index contributed by atoms with van der Waals surface area (Å²) in [6, 6.07) is 6.41. The molecule has 1 aromatic carbocycles. The van der Waals surface area contributed by atoms with Crippen molar-refractivity contribution in [2.45, 2.75) is 25.7 Å². The summed E-state index contributed by atoms with van der Waals surface area (Å²) in [6.45, 7) is 0.778. The molecule has 0 saturated heterocycles. The summed E-state index contributed by atoms with van der Waals surface area (Å²) in [4.78, 5) is 0. The maximum atomic E-state index is 13.1. The number of ether oxygens (including phenoxy) is 1. The number of rotatable bonds is 7. The molecule has 1 rings (SSSR count). The second-order valence-electron chi connectivity index (χ2n) is 3.42. The first-order valence-corrected chi connectivity index (χ1v) is 5.33. The van der Waals surface area contributed by atoms with Crippen LogP contribution in [0.25, 0.3) is 0 Å². The molecule has 0 bridgehead atoms. The Hall–Kier alpha value is -1.09. The van der Waals surface area contributed by atoms with E-state index in [1.54, 1.807) is 18.2 Å². The van der Waals surface area contributed by atoms with Crippen molar-refractivity contribution in [1.29, 1.82) is 0 Å². The molecule has 0 fully saturated rings. The Morgan fingerprint density at radius 2 is 1.80 bits per heavy atom. The summed E-state index contributed by atoms with van der Waals surface area (Å²) in [5, 5.41) is 8.56.